The normalized spacial score (nSPS) is 12.6. The van der Waals surface area contributed by atoms with Crippen molar-refractivity contribution in [2.75, 3.05) is 6.54 Å². The zero-order valence-electron chi connectivity index (χ0n) is 20.7. The molecule has 0 spiro atoms. The van der Waals surface area contributed by atoms with E-state index in [0.29, 0.717) is 19.4 Å². The van der Waals surface area contributed by atoms with Crippen molar-refractivity contribution in [2.45, 2.75) is 57.7 Å². The summed E-state index contributed by atoms with van der Waals surface area (Å²) >= 11 is 0. The van der Waals surface area contributed by atoms with Gasteiger partial charge in [0.1, 0.15) is 11.7 Å². The molecule has 4 nitrogen and oxygen atoms in total. The van der Waals surface area contributed by atoms with Gasteiger partial charge in [-0.1, -0.05) is 87.2 Å². The van der Waals surface area contributed by atoms with Gasteiger partial charge in [0, 0.05) is 19.4 Å². The van der Waals surface area contributed by atoms with Crippen LogP contribution >= 0.6 is 0 Å². The van der Waals surface area contributed by atoms with Gasteiger partial charge in [0.15, 0.2) is 0 Å². The van der Waals surface area contributed by atoms with Gasteiger partial charge in [0.25, 0.3) is 0 Å². The Labute approximate surface area is 211 Å². The molecule has 36 heavy (non-hydrogen) atoms. The van der Waals surface area contributed by atoms with Crippen LogP contribution in [-0.2, 0) is 11.2 Å². The third-order valence-electron chi connectivity index (χ3n) is 5.67. The number of aliphatic hydroxyl groups excluding tert-OH is 1. The summed E-state index contributed by atoms with van der Waals surface area (Å²) in [4.78, 5) is 12.9. The predicted octanol–water partition coefficient (Wildman–Crippen LogP) is 6.85. The number of amides is 1. The lowest BCUT2D eigenvalue weighted by Crippen LogP contribution is -2.47. The molecule has 0 bridgehead atoms. The van der Waals surface area contributed by atoms with Crippen molar-refractivity contribution in [2.24, 2.45) is 0 Å². The van der Waals surface area contributed by atoms with Gasteiger partial charge in [-0.05, 0) is 41.5 Å². The van der Waals surface area contributed by atoms with Crippen LogP contribution in [0.1, 0.15) is 55.7 Å². The van der Waals surface area contributed by atoms with Crippen LogP contribution in [0.3, 0.4) is 0 Å². The lowest BCUT2D eigenvalue weighted by atomic mass is 9.97. The van der Waals surface area contributed by atoms with E-state index < -0.39 is 23.8 Å². The number of allylic oxidation sites excluding steroid dienone is 3. The molecular formula is C29H35F3N2O2. The maximum atomic E-state index is 13.5. The molecule has 3 N–H and O–H groups in total. The number of hydrogen-bond acceptors (Lipinski definition) is 3. The Morgan fingerprint density at radius 2 is 1.64 bits per heavy atom. The van der Waals surface area contributed by atoms with Crippen LogP contribution in [0, 0.1) is 0 Å². The summed E-state index contributed by atoms with van der Waals surface area (Å²) in [6, 6.07) is 15.9. The van der Waals surface area contributed by atoms with E-state index in [1.165, 1.54) is 0 Å². The van der Waals surface area contributed by atoms with E-state index in [9.17, 15) is 18.0 Å². The minimum absolute atomic E-state index is 0.0887. The van der Waals surface area contributed by atoms with Crippen molar-refractivity contribution in [3.63, 3.8) is 0 Å². The minimum atomic E-state index is -4.58. The van der Waals surface area contributed by atoms with E-state index in [1.807, 2.05) is 54.6 Å². The van der Waals surface area contributed by atoms with E-state index >= 15 is 0 Å². The van der Waals surface area contributed by atoms with Crippen LogP contribution in [0.25, 0.3) is 5.57 Å². The van der Waals surface area contributed by atoms with Gasteiger partial charge in [0.05, 0.1) is 5.76 Å². The second kappa shape index (κ2) is 14.2. The van der Waals surface area contributed by atoms with E-state index in [4.69, 9.17) is 5.11 Å². The third-order valence-corrected chi connectivity index (χ3v) is 5.67. The fourth-order valence-electron chi connectivity index (χ4n) is 3.71. The summed E-state index contributed by atoms with van der Waals surface area (Å²) in [6.45, 7) is 9.52. The van der Waals surface area contributed by atoms with Crippen molar-refractivity contribution in [3.05, 3.63) is 102 Å². The smallest absolute Gasteiger partial charge is 0.430 e. The highest BCUT2D eigenvalue weighted by Crippen LogP contribution is 2.25. The zero-order chi connectivity index (χ0) is 26.6. The van der Waals surface area contributed by atoms with Gasteiger partial charge in [0.2, 0.25) is 5.91 Å². The average Bonchev–Trinajstić information content (AvgIpc) is 2.85. The molecule has 1 unspecified atom stereocenters. The largest absolute Gasteiger partial charge is 0.513 e. The molecule has 2 aromatic rings. The number of carbonyl (C=O) groups is 1. The highest BCUT2D eigenvalue weighted by molar-refractivity contribution is 5.82. The molecule has 7 heteroatoms. The Morgan fingerprint density at radius 3 is 2.22 bits per heavy atom. The molecule has 0 aliphatic heterocycles. The van der Waals surface area contributed by atoms with Crippen LogP contribution in [0.15, 0.2) is 85.3 Å². The van der Waals surface area contributed by atoms with Gasteiger partial charge >= 0.3 is 6.18 Å². The topological polar surface area (TPSA) is 61.4 Å². The maximum absolute atomic E-state index is 13.5. The molecular weight excluding hydrogens is 465 g/mol. The van der Waals surface area contributed by atoms with Crippen LogP contribution in [-0.4, -0.2) is 29.8 Å². The quantitative estimate of drug-likeness (QED) is 0.196. The number of halogens is 3. The number of aliphatic hydroxyl groups is 1. The summed E-state index contributed by atoms with van der Waals surface area (Å²) < 4.78 is 40.6. The Kier molecular flexibility index (Phi) is 11.3. The summed E-state index contributed by atoms with van der Waals surface area (Å²) in [5.41, 5.74) is 2.52. The number of benzene rings is 2. The Balaban J connectivity index is 2.11. The molecule has 0 fully saturated rings. The molecule has 0 heterocycles. The van der Waals surface area contributed by atoms with Gasteiger partial charge in [-0.3, -0.25) is 4.79 Å². The SMILES string of the molecule is C=C(O)CCCCCNC(=O)C(Cc1ccc(C(=C)c2ccccc2)cc1)N/C(=C/CC)C(F)(F)F. The standard InChI is InChI=1S/C29H35F3N2O2/c1-4-11-27(29(30,31)32)34-26(28(36)33-19-10-6-7-12-21(2)35)20-23-15-17-25(18-16-23)22(3)24-13-8-5-9-14-24/h5,8-9,11,13-18,26,34-35H,2-4,6-7,10,12,19-20H2,1H3,(H,33,36)/b27-11+. The minimum Gasteiger partial charge on any atom is -0.513 e. The first-order valence-corrected chi connectivity index (χ1v) is 12.1. The van der Waals surface area contributed by atoms with Gasteiger partial charge in [-0.25, -0.2) is 0 Å². The van der Waals surface area contributed by atoms with Gasteiger partial charge in [-0.15, -0.1) is 0 Å². The Bertz CT molecular complexity index is 1030. The van der Waals surface area contributed by atoms with E-state index in [1.54, 1.807) is 6.92 Å². The van der Waals surface area contributed by atoms with Crippen molar-refractivity contribution in [3.8, 4) is 0 Å². The van der Waals surface area contributed by atoms with E-state index in [-0.39, 0.29) is 18.6 Å². The molecule has 194 valence electrons. The van der Waals surface area contributed by atoms with E-state index in [0.717, 1.165) is 41.2 Å². The van der Waals surface area contributed by atoms with Crippen molar-refractivity contribution < 1.29 is 23.1 Å². The van der Waals surface area contributed by atoms with Crippen LogP contribution in [0.5, 0.6) is 0 Å². The fraction of sp³-hybridized carbons (Fsp3) is 0.345. The number of rotatable bonds is 14. The third kappa shape index (κ3) is 9.64. The second-order valence-corrected chi connectivity index (χ2v) is 8.63. The molecule has 0 aromatic heterocycles. The summed E-state index contributed by atoms with van der Waals surface area (Å²) in [6.07, 6.45) is -0.638. The van der Waals surface area contributed by atoms with Crippen molar-refractivity contribution in [1.29, 1.82) is 0 Å². The predicted molar refractivity (Wildman–Crippen MR) is 139 cm³/mol. The van der Waals surface area contributed by atoms with Crippen LogP contribution in [0.4, 0.5) is 13.2 Å². The first-order chi connectivity index (χ1) is 17.1. The molecule has 2 rings (SSSR count). The van der Waals surface area contributed by atoms with Gasteiger partial charge in [-0.2, -0.15) is 13.2 Å². The molecule has 2 aromatic carbocycles. The first kappa shape index (κ1) is 28.8. The lowest BCUT2D eigenvalue weighted by Gasteiger charge is -2.23. The summed E-state index contributed by atoms with van der Waals surface area (Å²) in [5.74, 6) is -0.380. The highest BCUT2D eigenvalue weighted by Gasteiger charge is 2.36. The molecule has 0 aliphatic rings. The first-order valence-electron chi connectivity index (χ1n) is 12.1. The van der Waals surface area contributed by atoms with Crippen LogP contribution < -0.4 is 10.6 Å². The molecule has 0 saturated heterocycles. The zero-order valence-corrected chi connectivity index (χ0v) is 20.7. The summed E-state index contributed by atoms with van der Waals surface area (Å²) in [5, 5.41) is 14.3. The number of unbranched alkanes of at least 4 members (excludes halogenated alkanes) is 2. The molecule has 1 atom stereocenters. The molecule has 0 aliphatic carbocycles. The van der Waals surface area contributed by atoms with Crippen molar-refractivity contribution in [1.82, 2.24) is 10.6 Å². The second-order valence-electron chi connectivity index (χ2n) is 8.63. The molecule has 0 saturated carbocycles. The van der Waals surface area contributed by atoms with Gasteiger partial charge < -0.3 is 15.7 Å². The van der Waals surface area contributed by atoms with Crippen molar-refractivity contribution >= 4 is 11.5 Å². The Morgan fingerprint density at radius 1 is 1.00 bits per heavy atom. The molecule has 0 radical (unpaired) electrons. The monoisotopic (exact) mass is 500 g/mol. The Hall–Kier alpha value is -3.48. The fourth-order valence-corrected chi connectivity index (χ4v) is 3.71. The lowest BCUT2D eigenvalue weighted by molar-refractivity contribution is -0.124. The summed E-state index contributed by atoms with van der Waals surface area (Å²) in [7, 11) is 0. The number of alkyl halides is 3. The van der Waals surface area contributed by atoms with Crippen LogP contribution in [0.2, 0.25) is 0 Å². The van der Waals surface area contributed by atoms with E-state index in [2.05, 4.69) is 23.8 Å². The maximum Gasteiger partial charge on any atom is 0.430 e. The average molecular weight is 501 g/mol. The molecule has 1 amide bonds. The number of carbonyl (C=O) groups excluding carboxylic acids is 1. The number of nitrogens with one attached hydrogen (secondary N) is 2. The number of hydrogen-bond donors (Lipinski definition) is 3. The highest BCUT2D eigenvalue weighted by atomic mass is 19.4.